The first kappa shape index (κ1) is 20.4. The van der Waals surface area contributed by atoms with Crippen molar-refractivity contribution in [2.75, 3.05) is 18.4 Å². The second kappa shape index (κ2) is 8.45. The van der Waals surface area contributed by atoms with Crippen LogP contribution in [0.25, 0.3) is 10.8 Å². The van der Waals surface area contributed by atoms with E-state index < -0.39 is 16.1 Å². The van der Waals surface area contributed by atoms with Gasteiger partial charge in [-0.1, -0.05) is 36.4 Å². The molecule has 0 spiro atoms. The number of carbonyl (C=O) groups excluding carboxylic acids is 1. The fourth-order valence-corrected chi connectivity index (χ4v) is 5.09. The SMILES string of the molecule is C[C@H](Oc1cccc2ccccc12)C(=O)Nc1ccc(S(=O)(=O)N2CCCC2)cc1. The molecule has 30 heavy (non-hydrogen) atoms. The summed E-state index contributed by atoms with van der Waals surface area (Å²) in [6, 6.07) is 19.8. The van der Waals surface area contributed by atoms with Crippen molar-refractivity contribution < 1.29 is 17.9 Å². The monoisotopic (exact) mass is 424 g/mol. The number of ether oxygens (including phenoxy) is 1. The van der Waals surface area contributed by atoms with Crippen molar-refractivity contribution in [3.63, 3.8) is 0 Å². The topological polar surface area (TPSA) is 75.7 Å². The first-order chi connectivity index (χ1) is 14.4. The van der Waals surface area contributed by atoms with Gasteiger partial charge in [-0.3, -0.25) is 4.79 Å². The zero-order chi connectivity index (χ0) is 21.1. The molecule has 4 rings (SSSR count). The number of nitrogens with one attached hydrogen (secondary N) is 1. The summed E-state index contributed by atoms with van der Waals surface area (Å²) in [7, 11) is -3.47. The number of hydrogen-bond donors (Lipinski definition) is 1. The molecule has 3 aromatic carbocycles. The van der Waals surface area contributed by atoms with Gasteiger partial charge in [0.2, 0.25) is 10.0 Å². The molecule has 1 amide bonds. The van der Waals surface area contributed by atoms with E-state index in [1.165, 1.54) is 16.4 Å². The zero-order valence-corrected chi connectivity index (χ0v) is 17.6. The molecule has 0 saturated carbocycles. The third-order valence-electron chi connectivity index (χ3n) is 5.25. The molecule has 6 nitrogen and oxygen atoms in total. The van der Waals surface area contributed by atoms with Gasteiger partial charge in [0.05, 0.1) is 4.90 Å². The standard InChI is InChI=1S/C23H24N2O4S/c1-17(29-22-10-6-8-18-7-2-3-9-21(18)22)23(26)24-19-11-13-20(14-12-19)30(27,28)25-15-4-5-16-25/h2-3,6-14,17H,4-5,15-16H2,1H3,(H,24,26)/t17-/m0/s1. The van der Waals surface area contributed by atoms with E-state index in [9.17, 15) is 13.2 Å². The molecule has 0 radical (unpaired) electrons. The molecule has 0 bridgehead atoms. The number of carbonyl (C=O) groups is 1. The normalized spacial score (nSPS) is 15.8. The minimum Gasteiger partial charge on any atom is -0.480 e. The van der Waals surface area contributed by atoms with Gasteiger partial charge in [-0.25, -0.2) is 8.42 Å². The lowest BCUT2D eigenvalue weighted by Gasteiger charge is -2.17. The quantitative estimate of drug-likeness (QED) is 0.648. The lowest BCUT2D eigenvalue weighted by atomic mass is 10.1. The second-order valence-electron chi connectivity index (χ2n) is 7.36. The Bertz CT molecular complexity index is 1150. The highest BCUT2D eigenvalue weighted by Crippen LogP contribution is 2.26. The van der Waals surface area contributed by atoms with Crippen LogP contribution < -0.4 is 10.1 Å². The van der Waals surface area contributed by atoms with Crippen LogP contribution in [0.4, 0.5) is 5.69 Å². The van der Waals surface area contributed by atoms with Gasteiger partial charge in [-0.15, -0.1) is 0 Å². The molecule has 1 saturated heterocycles. The van der Waals surface area contributed by atoms with E-state index in [1.807, 2.05) is 42.5 Å². The second-order valence-corrected chi connectivity index (χ2v) is 9.30. The van der Waals surface area contributed by atoms with E-state index in [0.717, 1.165) is 23.6 Å². The van der Waals surface area contributed by atoms with Gasteiger partial charge in [0.1, 0.15) is 5.75 Å². The van der Waals surface area contributed by atoms with Crippen LogP contribution in [0.1, 0.15) is 19.8 Å². The van der Waals surface area contributed by atoms with E-state index in [0.29, 0.717) is 24.5 Å². The lowest BCUT2D eigenvalue weighted by molar-refractivity contribution is -0.122. The third-order valence-corrected chi connectivity index (χ3v) is 7.16. The Labute approximate surface area is 176 Å². The average Bonchev–Trinajstić information content (AvgIpc) is 3.30. The minimum absolute atomic E-state index is 0.238. The van der Waals surface area contributed by atoms with Crippen molar-refractivity contribution in [2.24, 2.45) is 0 Å². The summed E-state index contributed by atoms with van der Waals surface area (Å²) in [4.78, 5) is 12.8. The molecule has 3 aromatic rings. The number of anilines is 1. The summed E-state index contributed by atoms with van der Waals surface area (Å²) in [5.74, 6) is 0.334. The van der Waals surface area contributed by atoms with Crippen molar-refractivity contribution in [3.8, 4) is 5.75 Å². The number of amides is 1. The predicted octanol–water partition coefficient (Wildman–Crippen LogP) is 4.03. The van der Waals surface area contributed by atoms with Gasteiger partial charge in [-0.2, -0.15) is 4.31 Å². The van der Waals surface area contributed by atoms with E-state index in [4.69, 9.17) is 4.74 Å². The Hall–Kier alpha value is -2.90. The largest absolute Gasteiger partial charge is 0.480 e. The number of fused-ring (bicyclic) bond motifs is 1. The molecule has 1 aliphatic heterocycles. The summed E-state index contributed by atoms with van der Waals surface area (Å²) in [5, 5.41) is 4.77. The number of rotatable bonds is 6. The maximum Gasteiger partial charge on any atom is 0.265 e. The first-order valence-electron chi connectivity index (χ1n) is 10.0. The first-order valence-corrected chi connectivity index (χ1v) is 11.4. The van der Waals surface area contributed by atoms with Crippen LogP contribution in [0.5, 0.6) is 5.75 Å². The van der Waals surface area contributed by atoms with Crippen LogP contribution in [0.2, 0.25) is 0 Å². The Balaban J connectivity index is 1.43. The summed E-state index contributed by atoms with van der Waals surface area (Å²) in [6.07, 6.45) is 1.06. The molecule has 1 fully saturated rings. The molecule has 7 heteroatoms. The van der Waals surface area contributed by atoms with Crippen LogP contribution in [0.3, 0.4) is 0 Å². The lowest BCUT2D eigenvalue weighted by Crippen LogP contribution is -2.30. The molecular weight excluding hydrogens is 400 g/mol. The van der Waals surface area contributed by atoms with Crippen LogP contribution in [0.15, 0.2) is 71.6 Å². The minimum atomic E-state index is -3.47. The Morgan fingerprint density at radius 1 is 0.967 bits per heavy atom. The van der Waals surface area contributed by atoms with E-state index in [2.05, 4.69) is 5.32 Å². The average molecular weight is 425 g/mol. The summed E-state index contributed by atoms with van der Waals surface area (Å²) in [6.45, 7) is 2.80. The van der Waals surface area contributed by atoms with Crippen molar-refractivity contribution >= 4 is 32.4 Å². The van der Waals surface area contributed by atoms with Crippen molar-refractivity contribution in [3.05, 3.63) is 66.7 Å². The van der Waals surface area contributed by atoms with Gasteiger partial charge in [-0.05, 0) is 55.5 Å². The fourth-order valence-electron chi connectivity index (χ4n) is 3.57. The Morgan fingerprint density at radius 2 is 1.63 bits per heavy atom. The molecule has 1 aliphatic rings. The summed E-state index contributed by atoms with van der Waals surface area (Å²) >= 11 is 0. The molecular formula is C23H24N2O4S. The molecule has 0 aliphatic carbocycles. The molecule has 1 atom stereocenters. The van der Waals surface area contributed by atoms with Crippen molar-refractivity contribution in [2.45, 2.75) is 30.8 Å². The number of hydrogen-bond acceptors (Lipinski definition) is 4. The predicted molar refractivity (Wildman–Crippen MR) is 117 cm³/mol. The van der Waals surface area contributed by atoms with E-state index in [1.54, 1.807) is 19.1 Å². The van der Waals surface area contributed by atoms with Crippen LogP contribution >= 0.6 is 0 Å². The number of nitrogens with zero attached hydrogens (tertiary/aromatic N) is 1. The Kier molecular flexibility index (Phi) is 5.74. The van der Waals surface area contributed by atoms with Crippen LogP contribution in [-0.4, -0.2) is 37.8 Å². The Morgan fingerprint density at radius 3 is 2.37 bits per heavy atom. The third kappa shape index (κ3) is 4.17. The van der Waals surface area contributed by atoms with Crippen molar-refractivity contribution in [1.82, 2.24) is 4.31 Å². The molecule has 156 valence electrons. The van der Waals surface area contributed by atoms with E-state index >= 15 is 0 Å². The van der Waals surface area contributed by atoms with Crippen LogP contribution in [-0.2, 0) is 14.8 Å². The van der Waals surface area contributed by atoms with Gasteiger partial charge in [0.25, 0.3) is 5.91 Å². The molecule has 1 heterocycles. The van der Waals surface area contributed by atoms with E-state index in [-0.39, 0.29) is 10.8 Å². The van der Waals surface area contributed by atoms with Crippen molar-refractivity contribution in [1.29, 1.82) is 0 Å². The number of sulfonamides is 1. The highest BCUT2D eigenvalue weighted by molar-refractivity contribution is 7.89. The number of benzene rings is 3. The van der Waals surface area contributed by atoms with Gasteiger partial charge in [0, 0.05) is 24.2 Å². The van der Waals surface area contributed by atoms with Gasteiger partial charge in [0.15, 0.2) is 6.10 Å². The van der Waals surface area contributed by atoms with Crippen LogP contribution in [0, 0.1) is 0 Å². The summed E-state index contributed by atoms with van der Waals surface area (Å²) in [5.41, 5.74) is 0.522. The van der Waals surface area contributed by atoms with Gasteiger partial charge >= 0.3 is 0 Å². The molecule has 0 unspecified atom stereocenters. The zero-order valence-electron chi connectivity index (χ0n) is 16.7. The smallest absolute Gasteiger partial charge is 0.265 e. The highest BCUT2D eigenvalue weighted by atomic mass is 32.2. The fraction of sp³-hybridized carbons (Fsp3) is 0.261. The highest BCUT2D eigenvalue weighted by Gasteiger charge is 2.27. The summed E-state index contributed by atoms with van der Waals surface area (Å²) < 4.78 is 32.6. The maximum absolute atomic E-state index is 12.6. The maximum atomic E-state index is 12.6. The molecule has 0 aromatic heterocycles. The molecule has 1 N–H and O–H groups in total. The van der Waals surface area contributed by atoms with Gasteiger partial charge < -0.3 is 10.1 Å².